The number of anilines is 2. The Bertz CT molecular complexity index is 796. The summed E-state index contributed by atoms with van der Waals surface area (Å²) in [7, 11) is 0. The van der Waals surface area contributed by atoms with Crippen LogP contribution in [0.5, 0.6) is 0 Å². The number of benzene rings is 1. The first-order valence-electron chi connectivity index (χ1n) is 7.86. The lowest BCUT2D eigenvalue weighted by molar-refractivity contribution is -0.123. The van der Waals surface area contributed by atoms with Crippen molar-refractivity contribution in [3.05, 3.63) is 41.6 Å². The molecular weight excluding hydrogens is 292 g/mol. The van der Waals surface area contributed by atoms with E-state index in [1.807, 2.05) is 41.9 Å². The van der Waals surface area contributed by atoms with Gasteiger partial charge in [-0.25, -0.2) is 4.68 Å². The van der Waals surface area contributed by atoms with Crippen LogP contribution in [-0.4, -0.2) is 34.7 Å². The van der Waals surface area contributed by atoms with Gasteiger partial charge in [-0.2, -0.15) is 5.10 Å². The predicted molar refractivity (Wildman–Crippen MR) is 86.4 cm³/mol. The van der Waals surface area contributed by atoms with E-state index < -0.39 is 0 Å². The molecule has 4 rings (SSSR count). The van der Waals surface area contributed by atoms with Gasteiger partial charge in [-0.15, -0.1) is 0 Å². The molecule has 0 spiro atoms. The Morgan fingerprint density at radius 3 is 2.91 bits per heavy atom. The molecule has 6 nitrogen and oxygen atoms in total. The van der Waals surface area contributed by atoms with Gasteiger partial charge in [0.15, 0.2) is 0 Å². The zero-order valence-corrected chi connectivity index (χ0v) is 13.0. The number of hydrogen-bond donors (Lipinski definition) is 0. The molecule has 0 saturated carbocycles. The predicted octanol–water partition coefficient (Wildman–Crippen LogP) is 1.52. The van der Waals surface area contributed by atoms with Gasteiger partial charge >= 0.3 is 0 Å². The molecule has 23 heavy (non-hydrogen) atoms. The van der Waals surface area contributed by atoms with Crippen molar-refractivity contribution in [2.24, 2.45) is 0 Å². The summed E-state index contributed by atoms with van der Waals surface area (Å²) in [5.41, 5.74) is 3.01. The van der Waals surface area contributed by atoms with Crippen LogP contribution in [0.1, 0.15) is 17.7 Å². The maximum Gasteiger partial charge on any atom is 0.247 e. The first-order valence-corrected chi connectivity index (χ1v) is 7.86. The summed E-state index contributed by atoms with van der Waals surface area (Å²) < 4.78 is 1.81. The van der Waals surface area contributed by atoms with Crippen molar-refractivity contribution in [3.63, 3.8) is 0 Å². The number of para-hydroxylation sites is 1. The van der Waals surface area contributed by atoms with E-state index in [1.165, 1.54) is 5.56 Å². The molecule has 2 aromatic rings. The highest BCUT2D eigenvalue weighted by Gasteiger charge is 2.31. The third-order valence-electron chi connectivity index (χ3n) is 4.48. The number of rotatable bonds is 2. The van der Waals surface area contributed by atoms with E-state index in [1.54, 1.807) is 9.80 Å². The van der Waals surface area contributed by atoms with Crippen molar-refractivity contribution in [2.75, 3.05) is 22.9 Å². The minimum absolute atomic E-state index is 0.0155. The fraction of sp³-hybridized carbons (Fsp3) is 0.353. The average Bonchev–Trinajstić information content (AvgIpc) is 3.13. The quantitative estimate of drug-likeness (QED) is 0.845. The van der Waals surface area contributed by atoms with Crippen LogP contribution < -0.4 is 9.80 Å². The summed E-state index contributed by atoms with van der Waals surface area (Å²) >= 11 is 0. The van der Waals surface area contributed by atoms with Crippen molar-refractivity contribution < 1.29 is 9.59 Å². The lowest BCUT2D eigenvalue weighted by atomic mass is 10.2. The van der Waals surface area contributed by atoms with Gasteiger partial charge in [-0.1, -0.05) is 18.2 Å². The largest absolute Gasteiger partial charge is 0.310 e. The Hall–Kier alpha value is -2.63. The van der Waals surface area contributed by atoms with Gasteiger partial charge in [-0.05, 0) is 25.0 Å². The monoisotopic (exact) mass is 310 g/mol. The van der Waals surface area contributed by atoms with E-state index in [-0.39, 0.29) is 18.4 Å². The minimum Gasteiger partial charge on any atom is -0.310 e. The number of carbonyl (C=O) groups is 2. The number of nitrogens with zero attached hydrogens (tertiary/aromatic N) is 4. The minimum atomic E-state index is -0.0457. The summed E-state index contributed by atoms with van der Waals surface area (Å²) in [5.74, 6) is 0.661. The highest BCUT2D eigenvalue weighted by Crippen LogP contribution is 2.28. The molecule has 0 unspecified atom stereocenters. The molecule has 2 aliphatic rings. The summed E-state index contributed by atoms with van der Waals surface area (Å²) in [6.07, 6.45) is 1.25. The molecule has 2 amide bonds. The van der Waals surface area contributed by atoms with Crippen LogP contribution in [-0.2, 0) is 22.6 Å². The zero-order valence-electron chi connectivity index (χ0n) is 13.0. The van der Waals surface area contributed by atoms with Gasteiger partial charge in [-0.3, -0.25) is 14.5 Å². The van der Waals surface area contributed by atoms with Gasteiger partial charge in [0.05, 0.1) is 12.2 Å². The summed E-state index contributed by atoms with van der Waals surface area (Å²) in [6.45, 7) is 3.22. The van der Waals surface area contributed by atoms with E-state index >= 15 is 0 Å². The topological polar surface area (TPSA) is 58.4 Å². The van der Waals surface area contributed by atoms with Crippen LogP contribution in [0.2, 0.25) is 0 Å². The van der Waals surface area contributed by atoms with E-state index in [0.29, 0.717) is 19.5 Å². The summed E-state index contributed by atoms with van der Waals surface area (Å²) in [4.78, 5) is 28.4. The Labute approximate surface area is 134 Å². The maximum absolute atomic E-state index is 12.7. The molecule has 0 aliphatic carbocycles. The SMILES string of the molecule is Cc1cc2n(n1)CCC(=O)N2CC(=O)N1CCc2ccccc21. The van der Waals surface area contributed by atoms with Crippen molar-refractivity contribution >= 4 is 23.3 Å². The summed E-state index contributed by atoms with van der Waals surface area (Å²) in [5, 5.41) is 4.37. The average molecular weight is 310 g/mol. The summed E-state index contributed by atoms with van der Waals surface area (Å²) in [6, 6.07) is 9.80. The number of aromatic nitrogens is 2. The van der Waals surface area contributed by atoms with Crippen molar-refractivity contribution in [2.45, 2.75) is 26.3 Å². The Morgan fingerprint density at radius 1 is 1.22 bits per heavy atom. The maximum atomic E-state index is 12.7. The first-order chi connectivity index (χ1) is 11.1. The molecule has 3 heterocycles. The normalized spacial score (nSPS) is 16.5. The van der Waals surface area contributed by atoms with Crippen molar-refractivity contribution in [1.29, 1.82) is 0 Å². The fourth-order valence-corrected chi connectivity index (χ4v) is 3.37. The van der Waals surface area contributed by atoms with Crippen LogP contribution in [0.4, 0.5) is 11.5 Å². The number of fused-ring (bicyclic) bond motifs is 2. The highest BCUT2D eigenvalue weighted by atomic mass is 16.2. The van der Waals surface area contributed by atoms with E-state index in [9.17, 15) is 9.59 Å². The second-order valence-electron chi connectivity index (χ2n) is 6.02. The van der Waals surface area contributed by atoms with Gasteiger partial charge in [0, 0.05) is 24.7 Å². The van der Waals surface area contributed by atoms with Crippen LogP contribution in [0, 0.1) is 6.92 Å². The molecule has 0 N–H and O–H groups in total. The standard InChI is InChI=1S/C17H18N4O2/c1-12-10-15-20(16(22)7-9-21(15)18-12)11-17(23)19-8-6-13-4-2-3-5-14(13)19/h2-5,10H,6-9,11H2,1H3. The van der Waals surface area contributed by atoms with E-state index in [2.05, 4.69) is 5.10 Å². The lowest BCUT2D eigenvalue weighted by Gasteiger charge is -2.28. The van der Waals surface area contributed by atoms with Crippen molar-refractivity contribution in [1.82, 2.24) is 9.78 Å². The number of amides is 2. The molecule has 6 heteroatoms. The molecule has 0 fully saturated rings. The molecule has 0 bridgehead atoms. The Balaban J connectivity index is 1.59. The lowest BCUT2D eigenvalue weighted by Crippen LogP contribution is -2.45. The van der Waals surface area contributed by atoms with Gasteiger partial charge in [0.25, 0.3) is 0 Å². The fourth-order valence-electron chi connectivity index (χ4n) is 3.37. The number of aryl methyl sites for hydroxylation is 2. The van der Waals surface area contributed by atoms with Gasteiger partial charge < -0.3 is 4.90 Å². The van der Waals surface area contributed by atoms with Gasteiger partial charge in [0.2, 0.25) is 11.8 Å². The third kappa shape index (κ3) is 2.30. The van der Waals surface area contributed by atoms with Crippen LogP contribution in [0.3, 0.4) is 0 Å². The van der Waals surface area contributed by atoms with Crippen LogP contribution >= 0.6 is 0 Å². The highest BCUT2D eigenvalue weighted by molar-refractivity contribution is 6.04. The van der Waals surface area contributed by atoms with E-state index in [4.69, 9.17) is 0 Å². The molecule has 0 saturated heterocycles. The zero-order chi connectivity index (χ0) is 16.0. The Kier molecular flexibility index (Phi) is 3.18. The third-order valence-corrected chi connectivity index (χ3v) is 4.48. The molecule has 1 aromatic heterocycles. The van der Waals surface area contributed by atoms with E-state index in [0.717, 1.165) is 23.6 Å². The molecule has 0 atom stereocenters. The molecule has 2 aliphatic heterocycles. The molecular formula is C17H18N4O2. The number of hydrogen-bond acceptors (Lipinski definition) is 3. The molecule has 1 aromatic carbocycles. The Morgan fingerprint density at radius 2 is 2.04 bits per heavy atom. The smallest absolute Gasteiger partial charge is 0.247 e. The molecule has 118 valence electrons. The molecule has 0 radical (unpaired) electrons. The van der Waals surface area contributed by atoms with Gasteiger partial charge in [0.1, 0.15) is 12.4 Å². The second-order valence-corrected chi connectivity index (χ2v) is 6.02. The number of carbonyl (C=O) groups excluding carboxylic acids is 2. The van der Waals surface area contributed by atoms with Crippen molar-refractivity contribution in [3.8, 4) is 0 Å². The van der Waals surface area contributed by atoms with Crippen LogP contribution in [0.25, 0.3) is 0 Å². The van der Waals surface area contributed by atoms with Crippen LogP contribution in [0.15, 0.2) is 30.3 Å². The second kappa shape index (κ2) is 5.22. The first kappa shape index (κ1) is 14.0.